The van der Waals surface area contributed by atoms with Crippen molar-refractivity contribution in [3.63, 3.8) is 0 Å². The molecule has 1 saturated heterocycles. The summed E-state index contributed by atoms with van der Waals surface area (Å²) < 4.78 is 1.78. The molecule has 2 aromatic heterocycles. The van der Waals surface area contributed by atoms with Gasteiger partial charge in [0.1, 0.15) is 10.9 Å². The second-order valence-electron chi connectivity index (χ2n) is 7.28. The van der Waals surface area contributed by atoms with Crippen LogP contribution in [-0.4, -0.2) is 51.7 Å². The molecule has 3 heterocycles. The first-order valence-electron chi connectivity index (χ1n) is 9.06. The zero-order valence-corrected chi connectivity index (χ0v) is 16.6. The Labute approximate surface area is 157 Å². The molecular formula is C18H27N5O2S. The molecule has 2 aromatic rings. The molecule has 0 radical (unpaired) electrons. The average molecular weight is 378 g/mol. The van der Waals surface area contributed by atoms with Gasteiger partial charge in [0.05, 0.1) is 10.6 Å². The van der Waals surface area contributed by atoms with Gasteiger partial charge in [-0.15, -0.1) is 11.3 Å². The van der Waals surface area contributed by atoms with E-state index in [1.165, 1.54) is 11.3 Å². The Bertz CT molecular complexity index is 793. The largest absolute Gasteiger partial charge is 0.340 e. The summed E-state index contributed by atoms with van der Waals surface area (Å²) in [7, 11) is 1.87. The van der Waals surface area contributed by atoms with E-state index in [2.05, 4.69) is 17.3 Å². The van der Waals surface area contributed by atoms with Crippen molar-refractivity contribution in [2.45, 2.75) is 45.7 Å². The number of nitrogens with two attached hydrogens (primary N) is 1. The highest BCUT2D eigenvalue weighted by atomic mass is 32.1. The van der Waals surface area contributed by atoms with Crippen LogP contribution < -0.4 is 11.1 Å². The first-order valence-corrected chi connectivity index (χ1v) is 9.88. The molecule has 0 bridgehead atoms. The Hall–Kier alpha value is -1.93. The number of aromatic nitrogens is 2. The van der Waals surface area contributed by atoms with Crippen LogP contribution in [0.3, 0.4) is 0 Å². The number of hydrogen-bond acceptors (Lipinski definition) is 5. The van der Waals surface area contributed by atoms with Crippen LogP contribution in [-0.2, 0) is 11.8 Å². The molecule has 8 heteroatoms. The molecule has 2 amide bonds. The van der Waals surface area contributed by atoms with Crippen LogP contribution in [0.1, 0.15) is 42.1 Å². The number of fused-ring (bicyclic) bond motifs is 1. The normalized spacial score (nSPS) is 21.8. The zero-order valence-electron chi connectivity index (χ0n) is 15.8. The molecular weight excluding hydrogens is 350 g/mol. The van der Waals surface area contributed by atoms with Crippen molar-refractivity contribution in [2.75, 3.05) is 13.1 Å². The number of rotatable bonds is 4. The molecule has 3 unspecified atom stereocenters. The monoisotopic (exact) mass is 377 g/mol. The Morgan fingerprint density at radius 3 is 2.88 bits per heavy atom. The number of aryl methyl sites for hydroxylation is 2. The van der Waals surface area contributed by atoms with Crippen molar-refractivity contribution in [2.24, 2.45) is 18.7 Å². The summed E-state index contributed by atoms with van der Waals surface area (Å²) in [4.78, 5) is 28.8. The summed E-state index contributed by atoms with van der Waals surface area (Å²) in [6, 6.07) is 1.33. The van der Waals surface area contributed by atoms with E-state index in [0.29, 0.717) is 23.9 Å². The lowest BCUT2D eigenvalue weighted by Gasteiger charge is -2.39. The number of carbonyl (C=O) groups excluding carboxylic acids is 2. The van der Waals surface area contributed by atoms with Gasteiger partial charge < -0.3 is 16.0 Å². The average Bonchev–Trinajstić information content (AvgIpc) is 3.16. The minimum absolute atomic E-state index is 0.0559. The van der Waals surface area contributed by atoms with Gasteiger partial charge in [0, 0.05) is 31.6 Å². The van der Waals surface area contributed by atoms with E-state index < -0.39 is 6.04 Å². The van der Waals surface area contributed by atoms with Crippen molar-refractivity contribution in [3.05, 3.63) is 16.6 Å². The molecule has 7 nitrogen and oxygen atoms in total. The maximum absolute atomic E-state index is 12.8. The zero-order chi connectivity index (χ0) is 19.0. The molecule has 0 saturated carbocycles. The predicted molar refractivity (Wildman–Crippen MR) is 103 cm³/mol. The first kappa shape index (κ1) is 18.8. The summed E-state index contributed by atoms with van der Waals surface area (Å²) in [6.07, 6.45) is 1.90. The third kappa shape index (κ3) is 3.48. The van der Waals surface area contributed by atoms with Crippen LogP contribution >= 0.6 is 11.3 Å². The van der Waals surface area contributed by atoms with Crippen LogP contribution in [0, 0.1) is 12.8 Å². The van der Waals surface area contributed by atoms with Gasteiger partial charge in [-0.05, 0) is 38.7 Å². The fourth-order valence-electron chi connectivity index (χ4n) is 3.66. The van der Waals surface area contributed by atoms with E-state index in [-0.39, 0.29) is 17.9 Å². The fraction of sp³-hybridized carbons (Fsp3) is 0.611. The van der Waals surface area contributed by atoms with Gasteiger partial charge in [-0.2, -0.15) is 5.10 Å². The molecule has 142 valence electrons. The lowest BCUT2D eigenvalue weighted by molar-refractivity contribution is -0.136. The number of amides is 2. The van der Waals surface area contributed by atoms with E-state index in [4.69, 9.17) is 5.73 Å². The maximum Gasteiger partial charge on any atom is 0.262 e. The van der Waals surface area contributed by atoms with Crippen molar-refractivity contribution < 1.29 is 9.59 Å². The van der Waals surface area contributed by atoms with E-state index in [1.807, 2.05) is 24.9 Å². The molecule has 0 aliphatic carbocycles. The van der Waals surface area contributed by atoms with Gasteiger partial charge in [-0.1, -0.05) is 6.92 Å². The summed E-state index contributed by atoms with van der Waals surface area (Å²) in [6.45, 7) is 7.02. The molecule has 3 N–H and O–H groups in total. The number of carbonyl (C=O) groups is 2. The lowest BCUT2D eigenvalue weighted by Crippen LogP contribution is -2.55. The number of likely N-dealkylation sites (tertiary alicyclic amines) is 1. The fourth-order valence-corrected chi connectivity index (χ4v) is 4.69. The van der Waals surface area contributed by atoms with Gasteiger partial charge in [0.15, 0.2) is 0 Å². The molecule has 0 aromatic carbocycles. The number of piperidine rings is 1. The van der Waals surface area contributed by atoms with Crippen LogP contribution in [0.2, 0.25) is 0 Å². The van der Waals surface area contributed by atoms with Crippen LogP contribution in [0.25, 0.3) is 10.2 Å². The molecule has 0 spiro atoms. The Kier molecular flexibility index (Phi) is 5.34. The summed E-state index contributed by atoms with van der Waals surface area (Å²) in [5, 5.41) is 8.18. The Balaban J connectivity index is 1.69. The molecule has 3 atom stereocenters. The van der Waals surface area contributed by atoms with Gasteiger partial charge in [0.25, 0.3) is 5.91 Å². The van der Waals surface area contributed by atoms with Crippen molar-refractivity contribution >= 4 is 33.4 Å². The van der Waals surface area contributed by atoms with E-state index in [9.17, 15) is 9.59 Å². The van der Waals surface area contributed by atoms with Crippen molar-refractivity contribution in [1.82, 2.24) is 20.0 Å². The second-order valence-corrected chi connectivity index (χ2v) is 8.32. The quantitative estimate of drug-likeness (QED) is 0.847. The third-order valence-corrected chi connectivity index (χ3v) is 6.37. The van der Waals surface area contributed by atoms with Crippen molar-refractivity contribution in [1.29, 1.82) is 0 Å². The number of nitrogens with zero attached hydrogens (tertiary/aromatic N) is 3. The Morgan fingerprint density at radius 2 is 2.23 bits per heavy atom. The molecule has 1 fully saturated rings. The Morgan fingerprint density at radius 1 is 1.50 bits per heavy atom. The number of hydrogen-bond donors (Lipinski definition) is 2. The first-order chi connectivity index (χ1) is 12.3. The van der Waals surface area contributed by atoms with Gasteiger partial charge in [-0.3, -0.25) is 14.3 Å². The molecule has 1 aliphatic rings. The van der Waals surface area contributed by atoms with Crippen LogP contribution in [0.15, 0.2) is 6.07 Å². The number of nitrogens with one attached hydrogen (secondary N) is 1. The highest BCUT2D eigenvalue weighted by Gasteiger charge is 2.32. The molecule has 26 heavy (non-hydrogen) atoms. The van der Waals surface area contributed by atoms with E-state index in [0.717, 1.165) is 28.8 Å². The smallest absolute Gasteiger partial charge is 0.262 e. The summed E-state index contributed by atoms with van der Waals surface area (Å²) in [5.41, 5.74) is 6.76. The number of thiophene rings is 1. The van der Waals surface area contributed by atoms with E-state index >= 15 is 0 Å². The van der Waals surface area contributed by atoms with Gasteiger partial charge >= 0.3 is 0 Å². The minimum Gasteiger partial charge on any atom is -0.340 e. The van der Waals surface area contributed by atoms with Crippen molar-refractivity contribution in [3.8, 4) is 0 Å². The predicted octanol–water partition coefficient (Wildman–Crippen LogP) is 1.65. The molecule has 1 aliphatic heterocycles. The summed E-state index contributed by atoms with van der Waals surface area (Å²) >= 11 is 1.39. The summed E-state index contributed by atoms with van der Waals surface area (Å²) in [5.74, 6) is 0.300. The SMILES string of the molecule is Cc1nn(C)c2sc(C(=O)NC(C)C(=O)N3CCC(C)CC3CN)cc12. The maximum atomic E-state index is 12.8. The van der Waals surface area contributed by atoms with Gasteiger partial charge in [-0.25, -0.2) is 0 Å². The highest BCUT2D eigenvalue weighted by Crippen LogP contribution is 2.28. The highest BCUT2D eigenvalue weighted by molar-refractivity contribution is 7.20. The van der Waals surface area contributed by atoms with E-state index in [1.54, 1.807) is 11.6 Å². The second kappa shape index (κ2) is 7.36. The third-order valence-electron chi connectivity index (χ3n) is 5.17. The minimum atomic E-state index is -0.575. The standard InChI is InChI=1S/C18H27N5O2S/c1-10-5-6-23(13(7-10)9-19)17(25)12(3)20-16(24)15-8-14-11(2)21-22(4)18(14)26-15/h8,10,12-13H,5-7,9,19H2,1-4H3,(H,20,24). The van der Waals surface area contributed by atoms with Crippen LogP contribution in [0.5, 0.6) is 0 Å². The lowest BCUT2D eigenvalue weighted by atomic mass is 9.92. The molecule has 3 rings (SSSR count). The van der Waals surface area contributed by atoms with Gasteiger partial charge in [0.2, 0.25) is 5.91 Å². The topological polar surface area (TPSA) is 93.2 Å². The van der Waals surface area contributed by atoms with Crippen LogP contribution in [0.4, 0.5) is 0 Å².